The first-order chi connectivity index (χ1) is 8.69. The van der Waals surface area contributed by atoms with Crippen LogP contribution in [0.3, 0.4) is 0 Å². The minimum atomic E-state index is -0.108. The van der Waals surface area contributed by atoms with E-state index >= 15 is 0 Å². The Hall–Kier alpha value is -1.59. The Bertz CT molecular complexity index is 461. The molecule has 0 radical (unpaired) electrons. The Morgan fingerprint density at radius 2 is 1.84 bits per heavy atom. The van der Waals surface area contributed by atoms with Crippen LogP contribution in [0, 0.1) is 5.92 Å². The zero-order valence-electron chi connectivity index (χ0n) is 10.7. The van der Waals surface area contributed by atoms with E-state index in [2.05, 4.69) is 16.0 Å². The smallest absolute Gasteiger partial charge is 0.238 e. The average Bonchev–Trinajstić information content (AvgIpc) is 3.13. The van der Waals surface area contributed by atoms with E-state index in [0.717, 1.165) is 12.8 Å². The van der Waals surface area contributed by atoms with E-state index in [9.17, 15) is 9.59 Å². The predicted octanol–water partition coefficient (Wildman–Crippen LogP) is 1.61. The minimum Gasteiger partial charge on any atom is -0.326 e. The summed E-state index contributed by atoms with van der Waals surface area (Å²) in [4.78, 5) is 23.0. The van der Waals surface area contributed by atoms with Gasteiger partial charge in [-0.3, -0.25) is 9.59 Å². The van der Waals surface area contributed by atoms with Gasteiger partial charge in [-0.2, -0.15) is 0 Å². The zero-order valence-corrected chi connectivity index (χ0v) is 11.5. The highest BCUT2D eigenvalue weighted by molar-refractivity contribution is 5.96. The number of anilines is 2. The molecule has 5 nitrogen and oxygen atoms in total. The van der Waals surface area contributed by atoms with Gasteiger partial charge in [-0.1, -0.05) is 6.07 Å². The molecule has 104 valence electrons. The summed E-state index contributed by atoms with van der Waals surface area (Å²) in [5, 5.41) is 8.37. The number of nitrogens with one attached hydrogen (secondary N) is 3. The lowest BCUT2D eigenvalue weighted by atomic mass is 10.2. The van der Waals surface area contributed by atoms with Crippen LogP contribution >= 0.6 is 12.4 Å². The fourth-order valence-corrected chi connectivity index (χ4v) is 1.63. The summed E-state index contributed by atoms with van der Waals surface area (Å²) < 4.78 is 0. The first kappa shape index (κ1) is 15.5. The molecule has 2 rings (SSSR count). The number of halogens is 1. The molecule has 0 aliphatic heterocycles. The predicted molar refractivity (Wildman–Crippen MR) is 77.6 cm³/mol. The van der Waals surface area contributed by atoms with Gasteiger partial charge in [0.25, 0.3) is 0 Å². The third kappa shape index (κ3) is 4.89. The highest BCUT2D eigenvalue weighted by Crippen LogP contribution is 2.30. The van der Waals surface area contributed by atoms with Crippen LogP contribution in [0.1, 0.15) is 12.8 Å². The van der Waals surface area contributed by atoms with Crippen LogP contribution in [0.5, 0.6) is 0 Å². The first-order valence-electron chi connectivity index (χ1n) is 6.04. The molecular weight excluding hydrogens is 266 g/mol. The lowest BCUT2D eigenvalue weighted by molar-refractivity contribution is -0.117. The van der Waals surface area contributed by atoms with Gasteiger partial charge in [0.05, 0.1) is 6.54 Å². The molecule has 1 fully saturated rings. The second-order valence-electron chi connectivity index (χ2n) is 4.42. The summed E-state index contributed by atoms with van der Waals surface area (Å²) in [7, 11) is 1.71. The van der Waals surface area contributed by atoms with Crippen LogP contribution in [0.2, 0.25) is 0 Å². The summed E-state index contributed by atoms with van der Waals surface area (Å²) in [5.74, 6) is 0.129. The molecule has 2 amide bonds. The fraction of sp³-hybridized carbons (Fsp3) is 0.385. The molecule has 1 aliphatic carbocycles. The number of benzene rings is 1. The van der Waals surface area contributed by atoms with Gasteiger partial charge in [-0.25, -0.2) is 0 Å². The quantitative estimate of drug-likeness (QED) is 0.769. The third-order valence-electron chi connectivity index (χ3n) is 2.70. The Morgan fingerprint density at radius 3 is 2.42 bits per heavy atom. The number of likely N-dealkylation sites (N-methyl/N-ethyl adjacent to an activating group) is 1. The summed E-state index contributed by atoms with van der Waals surface area (Å²) in [6.07, 6.45) is 1.95. The van der Waals surface area contributed by atoms with Crippen LogP contribution in [0.4, 0.5) is 11.4 Å². The maximum Gasteiger partial charge on any atom is 0.238 e. The molecule has 0 saturated heterocycles. The minimum absolute atomic E-state index is 0. The SMILES string of the molecule is CNCC(=O)Nc1cccc(NC(=O)C2CC2)c1.Cl. The van der Waals surface area contributed by atoms with E-state index in [1.165, 1.54) is 0 Å². The summed E-state index contributed by atoms with van der Waals surface area (Å²) in [6, 6.07) is 7.17. The molecule has 0 spiro atoms. The van der Waals surface area contributed by atoms with Crippen LogP contribution in [-0.4, -0.2) is 25.4 Å². The standard InChI is InChI=1S/C13H17N3O2.ClH/c1-14-8-12(17)15-10-3-2-4-11(7-10)16-13(18)9-5-6-9;/h2-4,7,9,14H,5-6,8H2,1H3,(H,15,17)(H,16,18);1H. The van der Waals surface area contributed by atoms with Crippen molar-refractivity contribution in [2.45, 2.75) is 12.8 Å². The molecule has 1 saturated carbocycles. The second-order valence-corrected chi connectivity index (χ2v) is 4.42. The largest absolute Gasteiger partial charge is 0.326 e. The van der Waals surface area contributed by atoms with Crippen LogP contribution < -0.4 is 16.0 Å². The van der Waals surface area contributed by atoms with Gasteiger partial charge in [0, 0.05) is 17.3 Å². The molecule has 0 bridgehead atoms. The lowest BCUT2D eigenvalue weighted by Gasteiger charge is -2.08. The molecule has 0 heterocycles. The first-order valence-corrected chi connectivity index (χ1v) is 6.04. The third-order valence-corrected chi connectivity index (χ3v) is 2.70. The Balaban J connectivity index is 0.00000180. The van der Waals surface area contributed by atoms with Crippen molar-refractivity contribution in [1.29, 1.82) is 0 Å². The molecule has 1 aromatic rings. The van der Waals surface area contributed by atoms with Crippen molar-refractivity contribution in [1.82, 2.24) is 5.32 Å². The Morgan fingerprint density at radius 1 is 1.21 bits per heavy atom. The molecule has 0 unspecified atom stereocenters. The van der Waals surface area contributed by atoms with Gasteiger partial charge in [0.15, 0.2) is 0 Å². The normalized spacial score (nSPS) is 13.3. The number of carbonyl (C=O) groups is 2. The van der Waals surface area contributed by atoms with Gasteiger partial charge in [-0.05, 0) is 38.1 Å². The lowest BCUT2D eigenvalue weighted by Crippen LogP contribution is -2.25. The Kier molecular flexibility index (Phi) is 5.79. The van der Waals surface area contributed by atoms with Gasteiger partial charge in [-0.15, -0.1) is 12.4 Å². The molecule has 1 aliphatic rings. The summed E-state index contributed by atoms with van der Waals surface area (Å²) in [5.41, 5.74) is 1.40. The highest BCUT2D eigenvalue weighted by atomic mass is 35.5. The van der Waals surface area contributed by atoms with E-state index < -0.39 is 0 Å². The molecular formula is C13H18ClN3O2. The van der Waals surface area contributed by atoms with Gasteiger partial charge >= 0.3 is 0 Å². The summed E-state index contributed by atoms with van der Waals surface area (Å²) in [6.45, 7) is 0.263. The maximum atomic E-state index is 11.6. The highest BCUT2D eigenvalue weighted by Gasteiger charge is 2.29. The molecule has 19 heavy (non-hydrogen) atoms. The van der Waals surface area contributed by atoms with E-state index in [1.54, 1.807) is 25.2 Å². The van der Waals surface area contributed by atoms with Crippen molar-refractivity contribution in [3.8, 4) is 0 Å². The van der Waals surface area contributed by atoms with Gasteiger partial charge in [0.1, 0.15) is 0 Å². The molecule has 6 heteroatoms. The van der Waals surface area contributed by atoms with E-state index in [4.69, 9.17) is 0 Å². The number of hydrogen-bond donors (Lipinski definition) is 3. The topological polar surface area (TPSA) is 70.2 Å². The zero-order chi connectivity index (χ0) is 13.0. The number of amides is 2. The molecule has 1 aromatic carbocycles. The van der Waals surface area contributed by atoms with Crippen molar-refractivity contribution in [3.63, 3.8) is 0 Å². The van der Waals surface area contributed by atoms with Crippen molar-refractivity contribution in [3.05, 3.63) is 24.3 Å². The van der Waals surface area contributed by atoms with E-state index in [1.807, 2.05) is 6.07 Å². The van der Waals surface area contributed by atoms with E-state index in [-0.39, 0.29) is 36.7 Å². The average molecular weight is 284 g/mol. The van der Waals surface area contributed by atoms with Gasteiger partial charge in [0.2, 0.25) is 11.8 Å². The van der Waals surface area contributed by atoms with Crippen molar-refractivity contribution < 1.29 is 9.59 Å². The number of hydrogen-bond acceptors (Lipinski definition) is 3. The maximum absolute atomic E-state index is 11.6. The van der Waals surface area contributed by atoms with Crippen molar-refractivity contribution >= 4 is 35.6 Å². The van der Waals surface area contributed by atoms with Crippen molar-refractivity contribution in [2.24, 2.45) is 5.92 Å². The summed E-state index contributed by atoms with van der Waals surface area (Å²) >= 11 is 0. The number of rotatable bonds is 5. The fourth-order valence-electron chi connectivity index (χ4n) is 1.63. The van der Waals surface area contributed by atoms with Crippen LogP contribution in [0.15, 0.2) is 24.3 Å². The molecule has 3 N–H and O–H groups in total. The Labute approximate surface area is 118 Å². The molecule has 0 aromatic heterocycles. The molecule has 0 atom stereocenters. The monoisotopic (exact) mass is 283 g/mol. The second kappa shape index (κ2) is 7.11. The van der Waals surface area contributed by atoms with Crippen LogP contribution in [-0.2, 0) is 9.59 Å². The van der Waals surface area contributed by atoms with E-state index in [0.29, 0.717) is 11.4 Å². The number of carbonyl (C=O) groups excluding carboxylic acids is 2. The van der Waals surface area contributed by atoms with Crippen molar-refractivity contribution in [2.75, 3.05) is 24.2 Å². The van der Waals surface area contributed by atoms with Crippen LogP contribution in [0.25, 0.3) is 0 Å². The van der Waals surface area contributed by atoms with Gasteiger partial charge < -0.3 is 16.0 Å².